The van der Waals surface area contributed by atoms with Crippen LogP contribution in [0.25, 0.3) is 0 Å². The van der Waals surface area contributed by atoms with Gasteiger partial charge in [0.25, 0.3) is 5.91 Å². The molecule has 6 nitrogen and oxygen atoms in total. The highest BCUT2D eigenvalue weighted by Crippen LogP contribution is 2.40. The van der Waals surface area contributed by atoms with Crippen LogP contribution in [0.15, 0.2) is 24.4 Å². The third kappa shape index (κ3) is 4.00. The molecule has 3 heterocycles. The molecule has 2 aliphatic rings. The zero-order valence-corrected chi connectivity index (χ0v) is 15.1. The van der Waals surface area contributed by atoms with Gasteiger partial charge in [0.1, 0.15) is 6.10 Å². The van der Waals surface area contributed by atoms with Gasteiger partial charge in [-0.25, -0.2) is 0 Å². The quantitative estimate of drug-likeness (QED) is 0.835. The molecule has 0 unspecified atom stereocenters. The molecule has 0 aromatic carbocycles. The minimum absolute atomic E-state index is 0.0644. The van der Waals surface area contributed by atoms with Crippen LogP contribution in [0.4, 0.5) is 0 Å². The van der Waals surface area contributed by atoms with Gasteiger partial charge in [0.15, 0.2) is 0 Å². The zero-order valence-electron chi connectivity index (χ0n) is 15.1. The summed E-state index contributed by atoms with van der Waals surface area (Å²) in [5, 5.41) is 0. The number of carbonyl (C=O) groups excluding carboxylic acids is 2. The Kier molecular flexibility index (Phi) is 5.37. The van der Waals surface area contributed by atoms with Gasteiger partial charge < -0.3 is 14.5 Å². The van der Waals surface area contributed by atoms with Crippen LogP contribution in [-0.4, -0.2) is 59.4 Å². The number of methoxy groups -OCH3 is 1. The fourth-order valence-electron chi connectivity index (χ4n) is 3.90. The number of rotatable bonds is 4. The van der Waals surface area contributed by atoms with Crippen molar-refractivity contribution in [3.05, 3.63) is 30.1 Å². The molecule has 2 aliphatic heterocycles. The summed E-state index contributed by atoms with van der Waals surface area (Å²) in [5.74, 6) is 0.275. The molecule has 0 aliphatic carbocycles. The second kappa shape index (κ2) is 7.52. The van der Waals surface area contributed by atoms with E-state index < -0.39 is 0 Å². The topological polar surface area (TPSA) is 62.7 Å². The van der Waals surface area contributed by atoms with E-state index in [4.69, 9.17) is 4.74 Å². The maximum absolute atomic E-state index is 12.3. The van der Waals surface area contributed by atoms with Crippen molar-refractivity contribution in [2.75, 3.05) is 26.7 Å². The largest absolute Gasteiger partial charge is 0.372 e. The van der Waals surface area contributed by atoms with E-state index in [9.17, 15) is 9.59 Å². The van der Waals surface area contributed by atoms with E-state index in [1.165, 1.54) is 0 Å². The minimum atomic E-state index is -0.386. The highest BCUT2D eigenvalue weighted by molar-refractivity contribution is 5.80. The minimum Gasteiger partial charge on any atom is -0.372 e. The monoisotopic (exact) mass is 345 g/mol. The molecule has 2 fully saturated rings. The van der Waals surface area contributed by atoms with Crippen LogP contribution in [0.2, 0.25) is 0 Å². The number of likely N-dealkylation sites (tertiary alicyclic amines) is 2. The lowest BCUT2D eigenvalue weighted by Gasteiger charge is -2.47. The van der Waals surface area contributed by atoms with Gasteiger partial charge in [0.05, 0.1) is 12.2 Å². The van der Waals surface area contributed by atoms with Gasteiger partial charge in [0.2, 0.25) is 5.91 Å². The third-order valence-electron chi connectivity index (χ3n) is 5.66. The first-order chi connectivity index (χ1) is 12.0. The number of amides is 2. The molecule has 1 atom stereocenters. The van der Waals surface area contributed by atoms with Gasteiger partial charge >= 0.3 is 0 Å². The summed E-state index contributed by atoms with van der Waals surface area (Å²) in [7, 11) is 1.57. The van der Waals surface area contributed by atoms with Gasteiger partial charge in [-0.05, 0) is 43.7 Å². The SMILES string of the molecule is CO[C@@H](C)C(=O)N1CCC2(CCC(=O)N(Cc3ccccn3)C2)CC1. The lowest BCUT2D eigenvalue weighted by molar-refractivity contribution is -0.147. The Bertz CT molecular complexity index is 612. The number of hydrogen-bond donors (Lipinski definition) is 0. The van der Waals surface area contributed by atoms with E-state index >= 15 is 0 Å². The number of aromatic nitrogens is 1. The summed E-state index contributed by atoms with van der Waals surface area (Å²) in [5.41, 5.74) is 1.06. The predicted molar refractivity (Wildman–Crippen MR) is 93.6 cm³/mol. The fourth-order valence-corrected chi connectivity index (χ4v) is 3.90. The van der Waals surface area contributed by atoms with E-state index in [2.05, 4.69) is 4.98 Å². The summed E-state index contributed by atoms with van der Waals surface area (Å²) in [6.45, 7) is 4.63. The normalized spacial score (nSPS) is 21.4. The maximum atomic E-state index is 12.3. The Hall–Kier alpha value is -1.95. The molecular formula is C19H27N3O3. The van der Waals surface area contributed by atoms with Crippen molar-refractivity contribution in [3.8, 4) is 0 Å². The smallest absolute Gasteiger partial charge is 0.251 e. The van der Waals surface area contributed by atoms with Gasteiger partial charge in [-0.15, -0.1) is 0 Å². The average Bonchev–Trinajstić information content (AvgIpc) is 2.65. The summed E-state index contributed by atoms with van der Waals surface area (Å²) in [6, 6.07) is 5.80. The van der Waals surface area contributed by atoms with Crippen molar-refractivity contribution < 1.29 is 14.3 Å². The first-order valence-corrected chi connectivity index (χ1v) is 9.02. The first-order valence-electron chi connectivity index (χ1n) is 9.02. The van der Waals surface area contributed by atoms with Gasteiger partial charge in [-0.1, -0.05) is 6.07 Å². The van der Waals surface area contributed by atoms with Gasteiger partial charge in [-0.3, -0.25) is 14.6 Å². The standard InChI is InChI=1S/C19H27N3O3/c1-15(25-2)18(24)21-11-8-19(9-12-21)7-6-17(23)22(14-19)13-16-5-3-4-10-20-16/h3-5,10,15H,6-9,11-14H2,1-2H3/t15-/m0/s1. The highest BCUT2D eigenvalue weighted by Gasteiger charge is 2.42. The van der Waals surface area contributed by atoms with Crippen molar-refractivity contribution in [1.82, 2.24) is 14.8 Å². The van der Waals surface area contributed by atoms with Crippen LogP contribution in [0.1, 0.15) is 38.3 Å². The number of carbonyl (C=O) groups is 2. The molecular weight excluding hydrogens is 318 g/mol. The molecule has 25 heavy (non-hydrogen) atoms. The van der Waals surface area contributed by atoms with E-state index in [-0.39, 0.29) is 23.3 Å². The molecule has 1 aromatic heterocycles. The van der Waals surface area contributed by atoms with E-state index in [0.717, 1.165) is 44.6 Å². The molecule has 2 amide bonds. The maximum Gasteiger partial charge on any atom is 0.251 e. The third-order valence-corrected chi connectivity index (χ3v) is 5.66. The van der Waals surface area contributed by atoms with Gasteiger partial charge in [0, 0.05) is 39.4 Å². The van der Waals surface area contributed by atoms with Gasteiger partial charge in [-0.2, -0.15) is 0 Å². The number of piperidine rings is 2. The van der Waals surface area contributed by atoms with Crippen LogP contribution in [0, 0.1) is 5.41 Å². The van der Waals surface area contributed by atoms with Crippen molar-refractivity contribution in [2.24, 2.45) is 5.41 Å². The second-order valence-electron chi connectivity index (χ2n) is 7.27. The summed E-state index contributed by atoms with van der Waals surface area (Å²) >= 11 is 0. The van der Waals surface area contributed by atoms with Crippen LogP contribution in [-0.2, 0) is 20.9 Å². The molecule has 1 aromatic rings. The summed E-state index contributed by atoms with van der Waals surface area (Å²) in [4.78, 5) is 32.8. The Balaban J connectivity index is 1.61. The molecule has 2 saturated heterocycles. The molecule has 1 spiro atoms. The predicted octanol–water partition coefficient (Wildman–Crippen LogP) is 1.85. The van der Waals surface area contributed by atoms with E-state index in [1.54, 1.807) is 20.2 Å². The van der Waals surface area contributed by atoms with E-state index in [0.29, 0.717) is 13.0 Å². The second-order valence-corrected chi connectivity index (χ2v) is 7.27. The molecule has 136 valence electrons. The van der Waals surface area contributed by atoms with Crippen LogP contribution >= 0.6 is 0 Å². The Morgan fingerprint density at radius 2 is 2.08 bits per heavy atom. The first kappa shape index (κ1) is 17.9. The highest BCUT2D eigenvalue weighted by atomic mass is 16.5. The van der Waals surface area contributed by atoms with Crippen LogP contribution in [0.3, 0.4) is 0 Å². The molecule has 3 rings (SSSR count). The molecule has 0 saturated carbocycles. The number of pyridine rings is 1. The molecule has 0 N–H and O–H groups in total. The van der Waals surface area contributed by atoms with Crippen LogP contribution in [0.5, 0.6) is 0 Å². The van der Waals surface area contributed by atoms with E-state index in [1.807, 2.05) is 28.0 Å². The van der Waals surface area contributed by atoms with Crippen molar-refractivity contribution in [1.29, 1.82) is 0 Å². The van der Waals surface area contributed by atoms with Crippen molar-refractivity contribution >= 4 is 11.8 Å². The lowest BCUT2D eigenvalue weighted by atomic mass is 9.72. The van der Waals surface area contributed by atoms with Crippen LogP contribution < -0.4 is 0 Å². The number of nitrogens with zero attached hydrogens (tertiary/aromatic N) is 3. The number of hydrogen-bond acceptors (Lipinski definition) is 4. The summed E-state index contributed by atoms with van der Waals surface area (Å²) < 4.78 is 5.15. The Labute approximate surface area is 149 Å². The Morgan fingerprint density at radius 3 is 2.72 bits per heavy atom. The Morgan fingerprint density at radius 1 is 1.32 bits per heavy atom. The average molecular weight is 345 g/mol. The molecule has 0 bridgehead atoms. The molecule has 6 heteroatoms. The zero-order chi connectivity index (χ0) is 17.9. The van der Waals surface area contributed by atoms with Crippen molar-refractivity contribution in [3.63, 3.8) is 0 Å². The lowest BCUT2D eigenvalue weighted by Crippen LogP contribution is -2.53. The van der Waals surface area contributed by atoms with Crippen molar-refractivity contribution in [2.45, 2.75) is 45.3 Å². The molecule has 0 radical (unpaired) electrons. The summed E-state index contributed by atoms with van der Waals surface area (Å²) in [6.07, 6.45) is 4.78. The fraction of sp³-hybridized carbons (Fsp3) is 0.632. The number of ether oxygens (including phenoxy) is 1.